The Bertz CT molecular complexity index is 198. The second kappa shape index (κ2) is 5.90. The highest BCUT2D eigenvalue weighted by Crippen LogP contribution is 2.04. The normalized spacial score (nSPS) is 9.75. The van der Waals surface area contributed by atoms with Crippen molar-refractivity contribution in [2.75, 3.05) is 17.7 Å². The fourth-order valence-electron chi connectivity index (χ4n) is 1.01. The average Bonchev–Trinajstić information content (AvgIpc) is 2.14. The van der Waals surface area contributed by atoms with Crippen LogP contribution < -0.4 is 5.32 Å². The highest BCUT2D eigenvalue weighted by molar-refractivity contribution is 6.17. The maximum absolute atomic E-state index is 5.56. The molecule has 0 aliphatic carbocycles. The number of unbranched alkanes of at least 4 members (excludes halogenated alkanes) is 1. The standard InChI is InChI=1S/C10H14ClN/c11-8-4-5-9-12-10-6-2-1-3-7-10/h1-3,6-7,12H,4-5,8-9H2. The van der Waals surface area contributed by atoms with Gasteiger partial charge in [0.1, 0.15) is 0 Å². The van der Waals surface area contributed by atoms with E-state index >= 15 is 0 Å². The average molecular weight is 184 g/mol. The van der Waals surface area contributed by atoms with Crippen LogP contribution >= 0.6 is 11.6 Å². The summed E-state index contributed by atoms with van der Waals surface area (Å²) in [4.78, 5) is 0. The summed E-state index contributed by atoms with van der Waals surface area (Å²) in [6.45, 7) is 1.01. The minimum Gasteiger partial charge on any atom is -0.385 e. The molecule has 2 heteroatoms. The molecule has 0 fully saturated rings. The summed E-state index contributed by atoms with van der Waals surface area (Å²) in [6, 6.07) is 10.2. The van der Waals surface area contributed by atoms with Gasteiger partial charge < -0.3 is 5.32 Å². The van der Waals surface area contributed by atoms with Crippen molar-refractivity contribution >= 4 is 17.3 Å². The number of halogens is 1. The minimum atomic E-state index is 0.760. The zero-order valence-electron chi connectivity index (χ0n) is 7.09. The van der Waals surface area contributed by atoms with Crippen LogP contribution in [0.25, 0.3) is 0 Å². The Balaban J connectivity index is 2.16. The van der Waals surface area contributed by atoms with E-state index in [0.29, 0.717) is 0 Å². The molecule has 0 amide bonds. The molecule has 1 rings (SSSR count). The van der Waals surface area contributed by atoms with Crippen molar-refractivity contribution in [3.05, 3.63) is 30.3 Å². The van der Waals surface area contributed by atoms with E-state index in [0.717, 1.165) is 25.3 Å². The van der Waals surface area contributed by atoms with Gasteiger partial charge in [-0.05, 0) is 25.0 Å². The maximum atomic E-state index is 5.56. The van der Waals surface area contributed by atoms with E-state index in [-0.39, 0.29) is 0 Å². The molecular formula is C10H14ClN. The molecule has 0 aliphatic rings. The quantitative estimate of drug-likeness (QED) is 0.547. The van der Waals surface area contributed by atoms with Gasteiger partial charge in [0.15, 0.2) is 0 Å². The first kappa shape index (κ1) is 9.40. The fourth-order valence-corrected chi connectivity index (χ4v) is 1.20. The summed E-state index contributed by atoms with van der Waals surface area (Å²) >= 11 is 5.56. The lowest BCUT2D eigenvalue weighted by atomic mass is 10.3. The van der Waals surface area contributed by atoms with Crippen LogP contribution in [0.4, 0.5) is 5.69 Å². The van der Waals surface area contributed by atoms with E-state index in [1.807, 2.05) is 18.2 Å². The van der Waals surface area contributed by atoms with E-state index in [2.05, 4.69) is 17.4 Å². The third kappa shape index (κ3) is 3.63. The van der Waals surface area contributed by atoms with Crippen LogP contribution in [0, 0.1) is 0 Å². The van der Waals surface area contributed by atoms with Crippen LogP contribution in [-0.2, 0) is 0 Å². The zero-order valence-corrected chi connectivity index (χ0v) is 7.85. The first-order valence-corrected chi connectivity index (χ1v) is 4.82. The Morgan fingerprint density at radius 2 is 1.83 bits per heavy atom. The van der Waals surface area contributed by atoms with Crippen molar-refractivity contribution in [1.82, 2.24) is 0 Å². The highest BCUT2D eigenvalue weighted by atomic mass is 35.5. The fraction of sp³-hybridized carbons (Fsp3) is 0.400. The Morgan fingerprint density at radius 3 is 2.50 bits per heavy atom. The van der Waals surface area contributed by atoms with Gasteiger partial charge in [-0.15, -0.1) is 11.6 Å². The number of alkyl halides is 1. The molecule has 0 atom stereocenters. The van der Waals surface area contributed by atoms with Crippen LogP contribution in [-0.4, -0.2) is 12.4 Å². The molecular weight excluding hydrogens is 170 g/mol. The van der Waals surface area contributed by atoms with Gasteiger partial charge in [0.25, 0.3) is 0 Å². The molecule has 0 unspecified atom stereocenters. The molecule has 0 spiro atoms. The van der Waals surface area contributed by atoms with Gasteiger partial charge in [-0.25, -0.2) is 0 Å². The molecule has 0 saturated heterocycles. The molecule has 0 radical (unpaired) electrons. The lowest BCUT2D eigenvalue weighted by molar-refractivity contribution is 0.839. The lowest BCUT2D eigenvalue weighted by Crippen LogP contribution is -2.00. The van der Waals surface area contributed by atoms with Gasteiger partial charge in [0.05, 0.1) is 0 Å². The number of para-hydroxylation sites is 1. The van der Waals surface area contributed by atoms with Crippen molar-refractivity contribution in [3.63, 3.8) is 0 Å². The van der Waals surface area contributed by atoms with E-state index in [1.165, 1.54) is 5.69 Å². The van der Waals surface area contributed by atoms with Crippen LogP contribution in [0.15, 0.2) is 30.3 Å². The molecule has 66 valence electrons. The lowest BCUT2D eigenvalue weighted by Gasteiger charge is -2.03. The van der Waals surface area contributed by atoms with Crippen LogP contribution in [0.2, 0.25) is 0 Å². The monoisotopic (exact) mass is 183 g/mol. The molecule has 0 saturated carbocycles. The first-order chi connectivity index (χ1) is 5.93. The summed E-state index contributed by atoms with van der Waals surface area (Å²) in [5, 5.41) is 3.32. The molecule has 0 heterocycles. The van der Waals surface area contributed by atoms with Gasteiger partial charge in [0, 0.05) is 18.1 Å². The van der Waals surface area contributed by atoms with Crippen molar-refractivity contribution in [2.24, 2.45) is 0 Å². The molecule has 1 N–H and O–H groups in total. The molecule has 0 bridgehead atoms. The van der Waals surface area contributed by atoms with Gasteiger partial charge in [-0.3, -0.25) is 0 Å². The summed E-state index contributed by atoms with van der Waals surface area (Å²) in [7, 11) is 0. The van der Waals surface area contributed by atoms with Crippen molar-refractivity contribution in [2.45, 2.75) is 12.8 Å². The minimum absolute atomic E-state index is 0.760. The molecule has 0 aromatic heterocycles. The number of hydrogen-bond acceptors (Lipinski definition) is 1. The smallest absolute Gasteiger partial charge is 0.0340 e. The summed E-state index contributed by atoms with van der Waals surface area (Å²) in [5.41, 5.74) is 1.19. The Hall–Kier alpha value is -0.690. The maximum Gasteiger partial charge on any atom is 0.0340 e. The van der Waals surface area contributed by atoms with Gasteiger partial charge in [0.2, 0.25) is 0 Å². The van der Waals surface area contributed by atoms with E-state index < -0.39 is 0 Å². The van der Waals surface area contributed by atoms with Crippen LogP contribution in [0.5, 0.6) is 0 Å². The number of rotatable bonds is 5. The Labute approximate surface area is 78.7 Å². The van der Waals surface area contributed by atoms with E-state index in [9.17, 15) is 0 Å². The third-order valence-corrected chi connectivity index (χ3v) is 1.93. The van der Waals surface area contributed by atoms with Crippen molar-refractivity contribution in [3.8, 4) is 0 Å². The van der Waals surface area contributed by atoms with Crippen molar-refractivity contribution in [1.29, 1.82) is 0 Å². The van der Waals surface area contributed by atoms with Crippen LogP contribution in [0.3, 0.4) is 0 Å². The summed E-state index contributed by atoms with van der Waals surface area (Å²) in [5.74, 6) is 0.760. The molecule has 1 aromatic rings. The van der Waals surface area contributed by atoms with Crippen molar-refractivity contribution < 1.29 is 0 Å². The van der Waals surface area contributed by atoms with E-state index in [4.69, 9.17) is 11.6 Å². The van der Waals surface area contributed by atoms with Gasteiger partial charge in [-0.2, -0.15) is 0 Å². The number of nitrogens with one attached hydrogen (secondary N) is 1. The Kier molecular flexibility index (Phi) is 4.62. The Morgan fingerprint density at radius 1 is 1.08 bits per heavy atom. The molecule has 1 aromatic carbocycles. The molecule has 12 heavy (non-hydrogen) atoms. The van der Waals surface area contributed by atoms with E-state index in [1.54, 1.807) is 0 Å². The second-order valence-electron chi connectivity index (χ2n) is 2.69. The predicted molar refractivity (Wildman–Crippen MR) is 54.9 cm³/mol. The molecule has 0 aliphatic heterocycles. The number of benzene rings is 1. The SMILES string of the molecule is ClCCCCNc1ccccc1. The number of hydrogen-bond donors (Lipinski definition) is 1. The molecule has 1 nitrogen and oxygen atoms in total. The summed E-state index contributed by atoms with van der Waals surface area (Å²) < 4.78 is 0. The predicted octanol–water partition coefficient (Wildman–Crippen LogP) is 3.12. The van der Waals surface area contributed by atoms with Crippen LogP contribution in [0.1, 0.15) is 12.8 Å². The second-order valence-corrected chi connectivity index (χ2v) is 3.07. The number of anilines is 1. The topological polar surface area (TPSA) is 12.0 Å². The third-order valence-electron chi connectivity index (χ3n) is 1.66. The van der Waals surface area contributed by atoms with Gasteiger partial charge >= 0.3 is 0 Å². The highest BCUT2D eigenvalue weighted by Gasteiger charge is 1.88. The summed E-state index contributed by atoms with van der Waals surface area (Å²) in [6.07, 6.45) is 2.22. The largest absolute Gasteiger partial charge is 0.385 e. The zero-order chi connectivity index (χ0) is 8.65. The van der Waals surface area contributed by atoms with Gasteiger partial charge in [-0.1, -0.05) is 18.2 Å². The first-order valence-electron chi connectivity index (χ1n) is 4.28.